The van der Waals surface area contributed by atoms with E-state index >= 15 is 0 Å². The lowest BCUT2D eigenvalue weighted by atomic mass is 9.96. The largest absolute Gasteiger partial charge is 0.404 e. The minimum absolute atomic E-state index is 0.0980. The number of piperidine rings is 1. The smallest absolute Gasteiger partial charge is 0.259 e. The van der Waals surface area contributed by atoms with Gasteiger partial charge in [0.25, 0.3) is 5.91 Å². The van der Waals surface area contributed by atoms with E-state index in [9.17, 15) is 18.8 Å². The molecule has 0 aliphatic carbocycles. The molecule has 0 radical (unpaired) electrons. The van der Waals surface area contributed by atoms with E-state index in [0.717, 1.165) is 40.4 Å². The fraction of sp³-hybridized carbons (Fsp3) is 0.323. The monoisotopic (exact) mass is 556 g/mol. The van der Waals surface area contributed by atoms with Crippen molar-refractivity contribution in [3.8, 4) is 0 Å². The summed E-state index contributed by atoms with van der Waals surface area (Å²) < 4.78 is 14.1. The second kappa shape index (κ2) is 12.3. The number of nitrogens with one attached hydrogen (secondary N) is 1. The van der Waals surface area contributed by atoms with Crippen molar-refractivity contribution in [2.45, 2.75) is 51.1 Å². The van der Waals surface area contributed by atoms with Gasteiger partial charge in [-0.1, -0.05) is 18.2 Å². The Hall–Kier alpha value is -4.60. The fourth-order valence-electron chi connectivity index (χ4n) is 5.67. The van der Waals surface area contributed by atoms with Gasteiger partial charge in [0.05, 0.1) is 11.7 Å². The van der Waals surface area contributed by atoms with Crippen LogP contribution in [-0.2, 0) is 16.0 Å². The van der Waals surface area contributed by atoms with Crippen LogP contribution in [-0.4, -0.2) is 54.6 Å². The first-order valence-electron chi connectivity index (χ1n) is 13.8. The molecule has 3 aromatic rings. The maximum absolute atomic E-state index is 14.1. The molecule has 9 nitrogen and oxygen atoms in total. The molecule has 3 amide bonds. The second-order valence-electron chi connectivity index (χ2n) is 10.4. The number of hydrogen-bond acceptors (Lipinski definition) is 7. The molecule has 212 valence electrons. The summed E-state index contributed by atoms with van der Waals surface area (Å²) in [6.45, 7) is 3.26. The average Bonchev–Trinajstić information content (AvgIpc) is 3.28. The highest BCUT2D eigenvalue weighted by Crippen LogP contribution is 2.41. The maximum Gasteiger partial charge on any atom is 0.259 e. The third-order valence-corrected chi connectivity index (χ3v) is 7.83. The summed E-state index contributed by atoms with van der Waals surface area (Å²) in [7, 11) is 0. The first kappa shape index (κ1) is 27.9. The third kappa shape index (κ3) is 5.82. The summed E-state index contributed by atoms with van der Waals surface area (Å²) in [4.78, 5) is 48.4. The number of anilines is 2. The number of aromatic nitrogens is 1. The molecule has 1 unspecified atom stereocenters. The van der Waals surface area contributed by atoms with Gasteiger partial charge in [-0.15, -0.1) is 0 Å². The molecule has 2 aromatic carbocycles. The number of amides is 3. The van der Waals surface area contributed by atoms with Gasteiger partial charge in [-0.25, -0.2) is 9.37 Å². The van der Waals surface area contributed by atoms with Crippen LogP contribution in [0.2, 0.25) is 0 Å². The van der Waals surface area contributed by atoms with E-state index in [4.69, 9.17) is 10.7 Å². The van der Waals surface area contributed by atoms with Crippen LogP contribution < -0.4 is 20.9 Å². The van der Waals surface area contributed by atoms with Crippen LogP contribution in [0, 0.1) is 5.82 Å². The summed E-state index contributed by atoms with van der Waals surface area (Å²) in [6, 6.07) is 12.6. The van der Waals surface area contributed by atoms with Crippen molar-refractivity contribution >= 4 is 46.7 Å². The van der Waals surface area contributed by atoms with Crippen molar-refractivity contribution in [3.63, 3.8) is 0 Å². The van der Waals surface area contributed by atoms with Crippen LogP contribution >= 0.6 is 0 Å². The number of imide groups is 1. The van der Waals surface area contributed by atoms with E-state index in [-0.39, 0.29) is 36.1 Å². The number of halogens is 1. The number of carbonyl (C=O) groups is 3. The SMILES string of the molecule is CC(CCC(=O)NC=O)N1C(=O)c2cccc3c(C/C(C=NC4CCN(c5ncccc5F)CC4)=C/N)ccc1c23. The van der Waals surface area contributed by atoms with Crippen LogP contribution in [0.5, 0.6) is 0 Å². The zero-order valence-corrected chi connectivity index (χ0v) is 22.9. The average molecular weight is 557 g/mol. The summed E-state index contributed by atoms with van der Waals surface area (Å²) >= 11 is 0. The predicted molar refractivity (Wildman–Crippen MR) is 158 cm³/mol. The zero-order chi connectivity index (χ0) is 28.9. The van der Waals surface area contributed by atoms with E-state index in [1.165, 1.54) is 6.07 Å². The zero-order valence-electron chi connectivity index (χ0n) is 22.9. The van der Waals surface area contributed by atoms with Crippen LogP contribution in [0.1, 0.15) is 48.5 Å². The van der Waals surface area contributed by atoms with Gasteiger partial charge in [-0.2, -0.15) is 0 Å². The molecule has 2 aliphatic heterocycles. The van der Waals surface area contributed by atoms with E-state index in [1.54, 1.807) is 23.4 Å². The van der Waals surface area contributed by atoms with Crippen LogP contribution in [0.15, 0.2) is 65.4 Å². The fourth-order valence-corrected chi connectivity index (χ4v) is 5.67. The van der Waals surface area contributed by atoms with Gasteiger partial charge >= 0.3 is 0 Å². The molecule has 0 saturated carbocycles. The number of rotatable bonds is 10. The number of hydrogen-bond donors (Lipinski definition) is 2. The van der Waals surface area contributed by atoms with Crippen molar-refractivity contribution in [1.82, 2.24) is 10.3 Å². The molecule has 3 heterocycles. The lowest BCUT2D eigenvalue weighted by Crippen LogP contribution is -2.36. The van der Waals surface area contributed by atoms with E-state index in [0.29, 0.717) is 43.7 Å². The van der Waals surface area contributed by atoms with Crippen molar-refractivity contribution in [3.05, 3.63) is 77.4 Å². The minimum atomic E-state index is -0.369. The quantitative estimate of drug-likeness (QED) is 0.289. The first-order chi connectivity index (χ1) is 19.9. The van der Waals surface area contributed by atoms with Gasteiger partial charge in [0.1, 0.15) is 0 Å². The highest BCUT2D eigenvalue weighted by molar-refractivity contribution is 6.25. The molecule has 10 heteroatoms. The topological polar surface area (TPSA) is 121 Å². The summed E-state index contributed by atoms with van der Waals surface area (Å²) in [5.74, 6) is -0.389. The van der Waals surface area contributed by atoms with Crippen molar-refractivity contribution in [2.24, 2.45) is 10.7 Å². The lowest BCUT2D eigenvalue weighted by Gasteiger charge is -2.31. The third-order valence-electron chi connectivity index (χ3n) is 7.83. The van der Waals surface area contributed by atoms with E-state index < -0.39 is 0 Å². The second-order valence-corrected chi connectivity index (χ2v) is 10.4. The van der Waals surface area contributed by atoms with Gasteiger partial charge in [0, 0.05) is 55.3 Å². The number of nitrogens with zero attached hydrogens (tertiary/aromatic N) is 4. The Balaban J connectivity index is 1.28. The van der Waals surface area contributed by atoms with Crippen LogP contribution in [0.3, 0.4) is 0 Å². The molecule has 41 heavy (non-hydrogen) atoms. The number of benzene rings is 2. The molecule has 3 N–H and O–H groups in total. The molecule has 5 rings (SSSR count). The lowest BCUT2D eigenvalue weighted by molar-refractivity contribution is -0.125. The first-order valence-corrected chi connectivity index (χ1v) is 13.8. The van der Waals surface area contributed by atoms with Gasteiger partial charge in [-0.3, -0.25) is 24.7 Å². The van der Waals surface area contributed by atoms with E-state index in [1.807, 2.05) is 48.4 Å². The number of aliphatic imine (C=N–C) groups is 1. The minimum Gasteiger partial charge on any atom is -0.404 e. The Morgan fingerprint density at radius 1 is 1.22 bits per heavy atom. The highest BCUT2D eigenvalue weighted by Gasteiger charge is 2.33. The van der Waals surface area contributed by atoms with Crippen molar-refractivity contribution in [1.29, 1.82) is 0 Å². The standard InChI is InChI=1S/C31H33FN6O3/c1-20(7-10-28(40)36-19-39)38-27-9-8-22(24-4-2-5-25(29(24)27)31(38)41)16-21(17-33)18-35-23-11-14-37(15-12-23)30-26(32)6-3-13-34-30/h2-6,8-9,13,17-20,23H,7,10-12,14-16,33H2,1H3,(H,36,39,40)/b21-17-,35-18?. The Morgan fingerprint density at radius 3 is 2.76 bits per heavy atom. The number of pyridine rings is 1. The molecule has 0 spiro atoms. The number of carbonyl (C=O) groups excluding carboxylic acids is 3. The highest BCUT2D eigenvalue weighted by atomic mass is 19.1. The van der Waals surface area contributed by atoms with Gasteiger partial charge < -0.3 is 15.5 Å². The number of allylic oxidation sites excluding steroid dienone is 1. The summed E-state index contributed by atoms with van der Waals surface area (Å²) in [6.07, 6.45) is 8.07. The molecule has 1 fully saturated rings. The maximum atomic E-state index is 14.1. The van der Waals surface area contributed by atoms with Crippen molar-refractivity contribution < 1.29 is 18.8 Å². The molecule has 1 aromatic heterocycles. The van der Waals surface area contributed by atoms with Gasteiger partial charge in [0.15, 0.2) is 11.6 Å². The molecule has 2 aliphatic rings. The van der Waals surface area contributed by atoms with Crippen LogP contribution in [0.25, 0.3) is 10.8 Å². The van der Waals surface area contributed by atoms with Crippen LogP contribution in [0.4, 0.5) is 15.9 Å². The Bertz CT molecular complexity index is 1530. The molecule has 1 atom stereocenters. The summed E-state index contributed by atoms with van der Waals surface area (Å²) in [5.41, 5.74) is 9.34. The van der Waals surface area contributed by atoms with Gasteiger partial charge in [-0.05, 0) is 73.2 Å². The molecular formula is C31H33FN6O3. The molecule has 0 bridgehead atoms. The molecule has 1 saturated heterocycles. The summed E-state index contributed by atoms with van der Waals surface area (Å²) in [5, 5.41) is 4.01. The Labute approximate surface area is 237 Å². The predicted octanol–water partition coefficient (Wildman–Crippen LogP) is 3.90. The Kier molecular flexibility index (Phi) is 8.37. The van der Waals surface area contributed by atoms with E-state index in [2.05, 4.69) is 10.3 Å². The number of nitrogens with two attached hydrogens (primary N) is 1. The van der Waals surface area contributed by atoms with Crippen molar-refractivity contribution in [2.75, 3.05) is 22.9 Å². The Morgan fingerprint density at radius 2 is 2.02 bits per heavy atom. The van der Waals surface area contributed by atoms with Gasteiger partial charge in [0.2, 0.25) is 12.3 Å². The normalized spacial score (nSPS) is 16.5. The molecular weight excluding hydrogens is 523 g/mol.